The molecule has 0 unspecified atom stereocenters. The van der Waals surface area contributed by atoms with E-state index in [1.807, 2.05) is 24.3 Å². The van der Waals surface area contributed by atoms with Crippen LogP contribution in [0.4, 0.5) is 0 Å². The van der Waals surface area contributed by atoms with Gasteiger partial charge in [-0.15, -0.1) is 6.58 Å². The monoisotopic (exact) mass is 306 g/mol. The molecule has 116 valence electrons. The first-order valence-electron chi connectivity index (χ1n) is 7.22. The Labute approximate surface area is 135 Å². The van der Waals surface area contributed by atoms with Crippen LogP contribution < -0.4 is 10.3 Å². The lowest BCUT2D eigenvalue weighted by Gasteiger charge is -2.12. The molecule has 4 heteroatoms. The normalized spacial score (nSPS) is 9.91. The smallest absolute Gasteiger partial charge is 0.266 e. The van der Waals surface area contributed by atoms with E-state index >= 15 is 0 Å². The number of aromatic amines is 1. The van der Waals surface area contributed by atoms with Crippen molar-refractivity contribution in [1.82, 2.24) is 4.98 Å². The summed E-state index contributed by atoms with van der Waals surface area (Å²) >= 11 is 0. The van der Waals surface area contributed by atoms with Crippen molar-refractivity contribution >= 4 is 0 Å². The Kier molecular flexibility index (Phi) is 5.16. The molecule has 1 aromatic heterocycles. The molecular weight excluding hydrogens is 288 g/mol. The van der Waals surface area contributed by atoms with Gasteiger partial charge < -0.3 is 9.72 Å². The largest absolute Gasteiger partial charge is 0.489 e. The molecule has 1 heterocycles. The first-order chi connectivity index (χ1) is 11.1. The molecule has 2 aromatic rings. The van der Waals surface area contributed by atoms with Crippen LogP contribution in [0.2, 0.25) is 0 Å². The second-order valence-electron chi connectivity index (χ2n) is 5.10. The van der Waals surface area contributed by atoms with E-state index in [1.165, 1.54) is 0 Å². The van der Waals surface area contributed by atoms with E-state index in [0.717, 1.165) is 16.9 Å². The average Bonchev–Trinajstić information content (AvgIpc) is 2.53. The Balaban J connectivity index is 2.59. The van der Waals surface area contributed by atoms with E-state index in [2.05, 4.69) is 18.1 Å². The van der Waals surface area contributed by atoms with Crippen molar-refractivity contribution in [2.24, 2.45) is 0 Å². The highest BCUT2D eigenvalue weighted by atomic mass is 16.5. The topological polar surface area (TPSA) is 65.9 Å². The Morgan fingerprint density at radius 1 is 1.30 bits per heavy atom. The summed E-state index contributed by atoms with van der Waals surface area (Å²) in [6, 6.07) is 9.40. The van der Waals surface area contributed by atoms with Crippen LogP contribution in [0.1, 0.15) is 16.8 Å². The lowest BCUT2D eigenvalue weighted by atomic mass is 9.97. The highest BCUT2D eigenvalue weighted by Crippen LogP contribution is 2.28. The Morgan fingerprint density at radius 2 is 2.09 bits per heavy atom. The number of nitrogens with zero attached hydrogens (tertiary/aromatic N) is 1. The minimum atomic E-state index is -0.375. The first kappa shape index (κ1) is 16.3. The van der Waals surface area contributed by atoms with Crippen molar-refractivity contribution in [1.29, 1.82) is 5.26 Å². The van der Waals surface area contributed by atoms with Gasteiger partial charge in [-0.2, -0.15) is 5.26 Å². The van der Waals surface area contributed by atoms with Crippen molar-refractivity contribution in [3.8, 4) is 22.9 Å². The summed E-state index contributed by atoms with van der Waals surface area (Å²) in [4.78, 5) is 14.6. The summed E-state index contributed by atoms with van der Waals surface area (Å²) in [7, 11) is 0. The number of ether oxygens (including phenoxy) is 1. The average molecular weight is 306 g/mol. The zero-order valence-corrected chi connectivity index (χ0v) is 13.1. The second kappa shape index (κ2) is 7.28. The Bertz CT molecular complexity index is 841. The molecule has 1 aromatic carbocycles. The number of nitrogens with one attached hydrogen (secondary N) is 1. The molecule has 0 fully saturated rings. The van der Waals surface area contributed by atoms with Gasteiger partial charge in [0.25, 0.3) is 5.56 Å². The van der Waals surface area contributed by atoms with Crippen LogP contribution in [-0.4, -0.2) is 11.6 Å². The Hall–Kier alpha value is -3.06. The molecule has 0 aliphatic carbocycles. The Morgan fingerprint density at radius 3 is 2.74 bits per heavy atom. The maximum Gasteiger partial charge on any atom is 0.266 e. The van der Waals surface area contributed by atoms with Crippen LogP contribution in [0.5, 0.6) is 5.75 Å². The van der Waals surface area contributed by atoms with E-state index < -0.39 is 0 Å². The summed E-state index contributed by atoms with van der Waals surface area (Å²) < 4.78 is 5.64. The molecule has 4 nitrogen and oxygen atoms in total. The van der Waals surface area contributed by atoms with Gasteiger partial charge in [-0.05, 0) is 42.7 Å². The van der Waals surface area contributed by atoms with Crippen LogP contribution in [-0.2, 0) is 6.42 Å². The molecule has 0 amide bonds. The summed E-state index contributed by atoms with van der Waals surface area (Å²) in [6.45, 7) is 9.60. The fourth-order valence-electron chi connectivity index (χ4n) is 2.38. The number of allylic oxidation sites excluding steroid dienone is 1. The number of rotatable bonds is 6. The van der Waals surface area contributed by atoms with Crippen molar-refractivity contribution in [3.05, 3.63) is 76.8 Å². The predicted octanol–water partition coefficient (Wildman–Crippen LogP) is 3.52. The number of H-pyrrole nitrogens is 1. The highest BCUT2D eigenvalue weighted by Gasteiger charge is 2.12. The number of nitriles is 1. The molecule has 0 radical (unpaired) electrons. The molecule has 0 aliphatic heterocycles. The van der Waals surface area contributed by atoms with Gasteiger partial charge in [0.05, 0.1) is 0 Å². The predicted molar refractivity (Wildman–Crippen MR) is 91.5 cm³/mol. The number of hydrogen-bond acceptors (Lipinski definition) is 3. The zero-order chi connectivity index (χ0) is 16.8. The van der Waals surface area contributed by atoms with Gasteiger partial charge in [-0.25, -0.2) is 0 Å². The van der Waals surface area contributed by atoms with Crippen LogP contribution in [0.15, 0.2) is 54.4 Å². The van der Waals surface area contributed by atoms with Crippen molar-refractivity contribution in [2.45, 2.75) is 13.3 Å². The third-order valence-corrected chi connectivity index (χ3v) is 3.37. The van der Waals surface area contributed by atoms with Gasteiger partial charge in [0.1, 0.15) is 24.0 Å². The third-order valence-electron chi connectivity index (χ3n) is 3.37. The molecule has 0 aliphatic rings. The third kappa shape index (κ3) is 3.58. The maximum atomic E-state index is 12.0. The van der Waals surface area contributed by atoms with E-state index in [4.69, 9.17) is 4.74 Å². The minimum Gasteiger partial charge on any atom is -0.489 e. The zero-order valence-electron chi connectivity index (χ0n) is 13.1. The van der Waals surface area contributed by atoms with Gasteiger partial charge in [-0.3, -0.25) is 4.79 Å². The molecule has 0 saturated carbocycles. The summed E-state index contributed by atoms with van der Waals surface area (Å²) in [5.41, 5.74) is 2.81. The van der Waals surface area contributed by atoms with E-state index in [0.29, 0.717) is 24.3 Å². The summed E-state index contributed by atoms with van der Waals surface area (Å²) in [5.74, 6) is 0.744. The summed E-state index contributed by atoms with van der Waals surface area (Å²) in [5, 5.41) is 9.27. The molecule has 0 spiro atoms. The maximum absolute atomic E-state index is 12.0. The van der Waals surface area contributed by atoms with Crippen LogP contribution in [0, 0.1) is 18.3 Å². The molecule has 0 bridgehead atoms. The lowest BCUT2D eigenvalue weighted by Crippen LogP contribution is -2.12. The fraction of sp³-hybridized carbons (Fsp3) is 0.158. The molecular formula is C19H18N2O2. The van der Waals surface area contributed by atoms with Gasteiger partial charge in [0, 0.05) is 11.3 Å². The van der Waals surface area contributed by atoms with Gasteiger partial charge >= 0.3 is 0 Å². The quantitative estimate of drug-likeness (QED) is 0.830. The number of aryl methyl sites for hydroxylation is 1. The lowest BCUT2D eigenvalue weighted by molar-refractivity contribution is 0.360. The van der Waals surface area contributed by atoms with Crippen molar-refractivity contribution in [2.75, 3.05) is 6.61 Å². The molecule has 2 rings (SSSR count). The van der Waals surface area contributed by atoms with Crippen molar-refractivity contribution in [3.63, 3.8) is 0 Å². The second-order valence-corrected chi connectivity index (χ2v) is 5.10. The number of benzene rings is 1. The van der Waals surface area contributed by atoms with Crippen LogP contribution in [0.25, 0.3) is 11.1 Å². The standard InChI is InChI=1S/C19H18N2O2/c1-4-6-15-11-14(7-8-18(15)23-9-5-2)16-10-13(3)21-19(22)17(16)12-20/h4-5,7-8,10-11H,1-2,6,9H2,3H3,(H,21,22). The van der Waals surface area contributed by atoms with Crippen molar-refractivity contribution < 1.29 is 4.74 Å². The highest BCUT2D eigenvalue weighted by molar-refractivity contribution is 5.71. The number of aromatic nitrogens is 1. The van der Waals surface area contributed by atoms with Gasteiger partial charge in [0.15, 0.2) is 0 Å². The van der Waals surface area contributed by atoms with Gasteiger partial charge in [0.2, 0.25) is 0 Å². The fourth-order valence-corrected chi connectivity index (χ4v) is 2.38. The molecule has 1 N–H and O–H groups in total. The minimum absolute atomic E-state index is 0.111. The molecule has 0 saturated heterocycles. The van der Waals surface area contributed by atoms with E-state index in [1.54, 1.807) is 25.1 Å². The summed E-state index contributed by atoms with van der Waals surface area (Å²) in [6.07, 6.45) is 4.10. The molecule has 23 heavy (non-hydrogen) atoms. The number of hydrogen-bond donors (Lipinski definition) is 1. The van der Waals surface area contributed by atoms with Crippen LogP contribution >= 0.6 is 0 Å². The van der Waals surface area contributed by atoms with Gasteiger partial charge in [-0.1, -0.05) is 24.8 Å². The van der Waals surface area contributed by atoms with Crippen LogP contribution in [0.3, 0.4) is 0 Å². The number of pyridine rings is 1. The molecule has 0 atom stereocenters. The first-order valence-corrected chi connectivity index (χ1v) is 7.22. The SMILES string of the molecule is C=CCOc1ccc(-c2cc(C)[nH]c(=O)c2C#N)cc1CC=C. The van der Waals surface area contributed by atoms with E-state index in [9.17, 15) is 10.1 Å². The van der Waals surface area contributed by atoms with E-state index in [-0.39, 0.29) is 11.1 Å².